The van der Waals surface area contributed by atoms with E-state index in [9.17, 15) is 4.39 Å². The molecule has 0 amide bonds. The highest BCUT2D eigenvalue weighted by molar-refractivity contribution is 4.73. The van der Waals surface area contributed by atoms with Crippen LogP contribution in [0.4, 0.5) is 4.39 Å². The van der Waals surface area contributed by atoms with Crippen LogP contribution in [0, 0.1) is 11.8 Å². The van der Waals surface area contributed by atoms with Gasteiger partial charge in [-0.05, 0) is 31.1 Å². The highest BCUT2D eigenvalue weighted by Crippen LogP contribution is 2.29. The van der Waals surface area contributed by atoms with E-state index in [-0.39, 0.29) is 5.48 Å². The fourth-order valence-corrected chi connectivity index (χ4v) is 1.85. The summed E-state index contributed by atoms with van der Waals surface area (Å²) in [6.45, 7) is 4.28. The maximum Gasteiger partial charge on any atom is 0.101 e. The summed E-state index contributed by atoms with van der Waals surface area (Å²) in [5.41, 5.74) is 0. The van der Waals surface area contributed by atoms with Crippen molar-refractivity contribution in [1.82, 2.24) is 0 Å². The molecule has 1 rings (SSSR count). The lowest BCUT2D eigenvalue weighted by Gasteiger charge is -2.26. The summed E-state index contributed by atoms with van der Waals surface area (Å²) >= 11 is 0. The van der Waals surface area contributed by atoms with Crippen LogP contribution in [-0.2, 0) is 0 Å². The minimum Gasteiger partial charge on any atom is -0.412 e. The Morgan fingerprint density at radius 3 is 1.70 bits per heavy atom. The molecule has 0 aromatic rings. The van der Waals surface area contributed by atoms with E-state index in [0.29, 0.717) is 11.8 Å². The Hall–Kier alpha value is -0.110. The molecule has 0 aromatic heterocycles. The predicted octanol–water partition coefficient (Wildman–Crippen LogP) is 1.96. The Balaban J connectivity index is 0.000000810. The van der Waals surface area contributed by atoms with Gasteiger partial charge >= 0.3 is 0 Å². The van der Waals surface area contributed by atoms with E-state index in [1.165, 1.54) is 6.42 Å². The molecular weight excluding hydrogens is 131 g/mol. The van der Waals surface area contributed by atoms with Crippen LogP contribution in [0.5, 0.6) is 0 Å². The van der Waals surface area contributed by atoms with Crippen molar-refractivity contribution in [3.63, 3.8) is 0 Å². The molecule has 0 radical (unpaired) electrons. The maximum absolute atomic E-state index is 12.7. The van der Waals surface area contributed by atoms with Crippen LogP contribution in [0.3, 0.4) is 0 Å². The third-order valence-corrected chi connectivity index (χ3v) is 2.12. The molecule has 0 spiro atoms. The van der Waals surface area contributed by atoms with Gasteiger partial charge in [0, 0.05) is 0 Å². The second-order valence-corrected chi connectivity index (χ2v) is 3.51. The van der Waals surface area contributed by atoms with Gasteiger partial charge in [0.25, 0.3) is 0 Å². The molecule has 10 heavy (non-hydrogen) atoms. The fraction of sp³-hybridized carbons (Fsp3) is 1.00. The molecule has 0 saturated heterocycles. The highest BCUT2D eigenvalue weighted by atomic mass is 19.1. The minimum atomic E-state index is -0.510. The molecule has 62 valence electrons. The molecule has 1 aliphatic rings. The van der Waals surface area contributed by atoms with E-state index in [0.717, 1.165) is 12.8 Å². The lowest BCUT2D eigenvalue weighted by atomic mass is 9.82. The van der Waals surface area contributed by atoms with Gasteiger partial charge in [0.2, 0.25) is 0 Å². The standard InChI is InChI=1S/C8H15F.H2O/c1-6-3-7(2)5-8(9)4-6;/h6-8H,3-5H2,1-2H3;1H2. The molecule has 2 heteroatoms. The molecule has 2 atom stereocenters. The SMILES string of the molecule is CC1CC(C)CC(F)C1.O. The molecule has 1 aliphatic carbocycles. The average molecular weight is 148 g/mol. The summed E-state index contributed by atoms with van der Waals surface area (Å²) < 4.78 is 12.7. The predicted molar refractivity (Wildman–Crippen MR) is 40.7 cm³/mol. The van der Waals surface area contributed by atoms with Crippen molar-refractivity contribution in [2.45, 2.75) is 39.3 Å². The lowest BCUT2D eigenvalue weighted by Crippen LogP contribution is -2.19. The van der Waals surface area contributed by atoms with Crippen molar-refractivity contribution in [2.75, 3.05) is 0 Å². The summed E-state index contributed by atoms with van der Waals surface area (Å²) in [5, 5.41) is 0. The quantitative estimate of drug-likeness (QED) is 0.503. The highest BCUT2D eigenvalue weighted by Gasteiger charge is 2.22. The Labute approximate surface area is 61.9 Å². The van der Waals surface area contributed by atoms with E-state index < -0.39 is 6.17 Å². The first kappa shape index (κ1) is 9.89. The zero-order chi connectivity index (χ0) is 6.85. The molecule has 2 unspecified atom stereocenters. The molecule has 2 N–H and O–H groups in total. The average Bonchev–Trinajstić information content (AvgIpc) is 1.59. The normalized spacial score (nSPS) is 40.5. The number of hydrogen-bond donors (Lipinski definition) is 0. The van der Waals surface area contributed by atoms with Crippen molar-refractivity contribution in [1.29, 1.82) is 0 Å². The van der Waals surface area contributed by atoms with Gasteiger partial charge in [-0.15, -0.1) is 0 Å². The third-order valence-electron chi connectivity index (χ3n) is 2.12. The van der Waals surface area contributed by atoms with Crippen molar-refractivity contribution in [3.8, 4) is 0 Å². The molecule has 1 nitrogen and oxygen atoms in total. The van der Waals surface area contributed by atoms with Gasteiger partial charge in [-0.3, -0.25) is 0 Å². The molecule has 0 aromatic carbocycles. The summed E-state index contributed by atoms with van der Waals surface area (Å²) in [7, 11) is 0. The summed E-state index contributed by atoms with van der Waals surface area (Å²) in [5.74, 6) is 1.23. The van der Waals surface area contributed by atoms with Gasteiger partial charge in [0.15, 0.2) is 0 Å². The first-order valence-corrected chi connectivity index (χ1v) is 3.82. The van der Waals surface area contributed by atoms with Gasteiger partial charge in [-0.1, -0.05) is 13.8 Å². The first-order chi connectivity index (χ1) is 4.18. The molecule has 1 fully saturated rings. The minimum absolute atomic E-state index is 0. The number of hydrogen-bond acceptors (Lipinski definition) is 0. The van der Waals surface area contributed by atoms with Crippen LogP contribution in [0.1, 0.15) is 33.1 Å². The van der Waals surface area contributed by atoms with Crippen LogP contribution < -0.4 is 0 Å². The van der Waals surface area contributed by atoms with E-state index in [2.05, 4.69) is 13.8 Å². The monoisotopic (exact) mass is 148 g/mol. The van der Waals surface area contributed by atoms with Gasteiger partial charge in [-0.25, -0.2) is 4.39 Å². The zero-order valence-electron chi connectivity index (χ0n) is 6.73. The van der Waals surface area contributed by atoms with Crippen LogP contribution in [0.25, 0.3) is 0 Å². The summed E-state index contributed by atoms with van der Waals surface area (Å²) in [6, 6.07) is 0. The molecule has 0 aliphatic heterocycles. The number of rotatable bonds is 0. The Morgan fingerprint density at radius 1 is 1.00 bits per heavy atom. The van der Waals surface area contributed by atoms with E-state index >= 15 is 0 Å². The first-order valence-electron chi connectivity index (χ1n) is 3.82. The Kier molecular flexibility index (Phi) is 3.87. The van der Waals surface area contributed by atoms with Gasteiger partial charge < -0.3 is 5.48 Å². The van der Waals surface area contributed by atoms with Gasteiger partial charge in [-0.2, -0.15) is 0 Å². The number of alkyl halides is 1. The molecule has 1 saturated carbocycles. The van der Waals surface area contributed by atoms with Crippen LogP contribution in [0.15, 0.2) is 0 Å². The Bertz CT molecular complexity index is 70.2. The van der Waals surface area contributed by atoms with E-state index in [4.69, 9.17) is 0 Å². The molecular formula is C8H17FO. The zero-order valence-corrected chi connectivity index (χ0v) is 6.73. The van der Waals surface area contributed by atoms with Crippen molar-refractivity contribution in [2.24, 2.45) is 11.8 Å². The third kappa shape index (κ3) is 2.65. The van der Waals surface area contributed by atoms with Gasteiger partial charge in [0.1, 0.15) is 6.17 Å². The van der Waals surface area contributed by atoms with Crippen LogP contribution in [0.2, 0.25) is 0 Å². The second-order valence-electron chi connectivity index (χ2n) is 3.51. The lowest BCUT2D eigenvalue weighted by molar-refractivity contribution is 0.165. The topological polar surface area (TPSA) is 31.5 Å². The smallest absolute Gasteiger partial charge is 0.101 e. The largest absolute Gasteiger partial charge is 0.412 e. The fourth-order valence-electron chi connectivity index (χ4n) is 1.85. The van der Waals surface area contributed by atoms with E-state index in [1.54, 1.807) is 0 Å². The van der Waals surface area contributed by atoms with Crippen molar-refractivity contribution in [3.05, 3.63) is 0 Å². The Morgan fingerprint density at radius 2 is 1.40 bits per heavy atom. The van der Waals surface area contributed by atoms with Crippen LogP contribution >= 0.6 is 0 Å². The van der Waals surface area contributed by atoms with E-state index in [1.807, 2.05) is 0 Å². The van der Waals surface area contributed by atoms with Crippen molar-refractivity contribution >= 4 is 0 Å². The molecule has 0 heterocycles. The molecule has 0 bridgehead atoms. The maximum atomic E-state index is 12.7. The van der Waals surface area contributed by atoms with Crippen molar-refractivity contribution < 1.29 is 9.87 Å². The number of halogens is 1. The van der Waals surface area contributed by atoms with Crippen LogP contribution in [-0.4, -0.2) is 11.6 Å². The summed E-state index contributed by atoms with van der Waals surface area (Å²) in [6.07, 6.45) is 2.30. The summed E-state index contributed by atoms with van der Waals surface area (Å²) in [4.78, 5) is 0. The van der Waals surface area contributed by atoms with Gasteiger partial charge in [0.05, 0.1) is 0 Å². The second kappa shape index (κ2) is 3.91.